The lowest BCUT2D eigenvalue weighted by molar-refractivity contribution is 0.254. The highest BCUT2D eigenvalue weighted by molar-refractivity contribution is 5.46. The van der Waals surface area contributed by atoms with E-state index in [1.165, 1.54) is 0 Å². The van der Waals surface area contributed by atoms with E-state index in [1.807, 2.05) is 78.9 Å². The van der Waals surface area contributed by atoms with Crippen molar-refractivity contribution in [2.75, 3.05) is 0 Å². The number of benzene rings is 3. The van der Waals surface area contributed by atoms with E-state index in [0.29, 0.717) is 19.8 Å². The number of ether oxygens (including phenoxy) is 2. The highest BCUT2D eigenvalue weighted by Gasteiger charge is 2.11. The molecule has 3 rings (SSSR count). The molecule has 0 radical (unpaired) electrons. The van der Waals surface area contributed by atoms with Crippen LogP contribution in [-0.2, 0) is 19.8 Å². The first-order valence-corrected chi connectivity index (χ1v) is 8.02. The fraction of sp³-hybridized carbons (Fsp3) is 0.143. The van der Waals surface area contributed by atoms with Crippen molar-refractivity contribution in [2.24, 2.45) is 5.73 Å². The van der Waals surface area contributed by atoms with Crippen LogP contribution in [0.5, 0.6) is 11.5 Å². The molecule has 0 saturated carbocycles. The van der Waals surface area contributed by atoms with Crippen molar-refractivity contribution in [1.29, 1.82) is 0 Å². The smallest absolute Gasteiger partial charge is 0.166 e. The second-order valence-electron chi connectivity index (χ2n) is 5.50. The molecule has 3 nitrogen and oxygen atoms in total. The van der Waals surface area contributed by atoms with E-state index in [1.54, 1.807) is 0 Å². The topological polar surface area (TPSA) is 44.5 Å². The maximum Gasteiger partial charge on any atom is 0.166 e. The Morgan fingerprint density at radius 1 is 0.625 bits per heavy atom. The van der Waals surface area contributed by atoms with Gasteiger partial charge in [0.25, 0.3) is 0 Å². The van der Waals surface area contributed by atoms with Crippen LogP contribution in [-0.4, -0.2) is 0 Å². The number of rotatable bonds is 7. The van der Waals surface area contributed by atoms with E-state index in [-0.39, 0.29) is 0 Å². The van der Waals surface area contributed by atoms with E-state index >= 15 is 0 Å². The molecule has 0 spiro atoms. The molecule has 0 aliphatic rings. The zero-order chi connectivity index (χ0) is 16.6. The molecule has 3 aromatic rings. The first-order valence-electron chi connectivity index (χ1n) is 8.02. The molecule has 0 amide bonds. The zero-order valence-corrected chi connectivity index (χ0v) is 13.5. The lowest BCUT2D eigenvalue weighted by Crippen LogP contribution is -2.05. The minimum absolute atomic E-state index is 0.409. The Kier molecular flexibility index (Phi) is 5.48. The molecule has 122 valence electrons. The first-order chi connectivity index (χ1) is 11.9. The second-order valence-corrected chi connectivity index (χ2v) is 5.50. The molecule has 0 aromatic heterocycles. The van der Waals surface area contributed by atoms with Crippen LogP contribution in [0.4, 0.5) is 0 Å². The van der Waals surface area contributed by atoms with Crippen molar-refractivity contribution in [3.63, 3.8) is 0 Å². The lowest BCUT2D eigenvalue weighted by atomic mass is 10.1. The van der Waals surface area contributed by atoms with E-state index in [0.717, 1.165) is 28.2 Å². The first kappa shape index (κ1) is 16.1. The molecule has 3 heteroatoms. The van der Waals surface area contributed by atoms with Gasteiger partial charge in [-0.1, -0.05) is 72.8 Å². The molecule has 0 bridgehead atoms. The monoisotopic (exact) mass is 319 g/mol. The summed E-state index contributed by atoms with van der Waals surface area (Å²) in [6.07, 6.45) is 0. The molecular weight excluding hydrogens is 298 g/mol. The van der Waals surface area contributed by atoms with Crippen LogP contribution in [0, 0.1) is 0 Å². The van der Waals surface area contributed by atoms with Gasteiger partial charge in [0, 0.05) is 12.1 Å². The summed E-state index contributed by atoms with van der Waals surface area (Å²) >= 11 is 0. The average molecular weight is 319 g/mol. The van der Waals surface area contributed by atoms with Gasteiger partial charge in [0.1, 0.15) is 13.2 Å². The van der Waals surface area contributed by atoms with Gasteiger partial charge in [0.15, 0.2) is 11.5 Å². The van der Waals surface area contributed by atoms with Crippen LogP contribution in [0.3, 0.4) is 0 Å². The number of hydrogen-bond acceptors (Lipinski definition) is 3. The maximum absolute atomic E-state index is 6.03. The Hall–Kier alpha value is -2.78. The molecule has 0 aliphatic heterocycles. The van der Waals surface area contributed by atoms with Crippen LogP contribution in [0.25, 0.3) is 0 Å². The van der Waals surface area contributed by atoms with Crippen molar-refractivity contribution in [3.8, 4) is 11.5 Å². The summed E-state index contributed by atoms with van der Waals surface area (Å²) < 4.78 is 12.0. The fourth-order valence-electron chi connectivity index (χ4n) is 2.46. The molecule has 0 saturated heterocycles. The van der Waals surface area contributed by atoms with Gasteiger partial charge in [0.05, 0.1) is 0 Å². The molecule has 0 atom stereocenters. The summed E-state index contributed by atoms with van der Waals surface area (Å²) in [6.45, 7) is 1.39. The summed E-state index contributed by atoms with van der Waals surface area (Å²) in [5.41, 5.74) is 9.03. The normalized spacial score (nSPS) is 10.4. The quantitative estimate of drug-likeness (QED) is 0.706. The van der Waals surface area contributed by atoms with Crippen LogP contribution in [0.15, 0.2) is 78.9 Å². The summed E-state index contributed by atoms with van der Waals surface area (Å²) in [5.74, 6) is 1.44. The van der Waals surface area contributed by atoms with Crippen LogP contribution in [0.1, 0.15) is 16.7 Å². The molecule has 24 heavy (non-hydrogen) atoms. The Bertz CT molecular complexity index is 757. The van der Waals surface area contributed by atoms with Crippen molar-refractivity contribution >= 4 is 0 Å². The fourth-order valence-corrected chi connectivity index (χ4v) is 2.46. The van der Waals surface area contributed by atoms with Gasteiger partial charge in [-0.05, 0) is 17.2 Å². The average Bonchev–Trinajstić information content (AvgIpc) is 2.66. The maximum atomic E-state index is 6.03. The number of nitrogens with two attached hydrogens (primary N) is 1. The standard InChI is InChI=1S/C21H21NO2/c22-14-19-12-7-13-20(23-15-17-8-3-1-4-9-17)21(19)24-16-18-10-5-2-6-11-18/h1-13H,14-16,22H2. The van der Waals surface area contributed by atoms with Crippen molar-refractivity contribution < 1.29 is 9.47 Å². The Morgan fingerprint density at radius 2 is 1.21 bits per heavy atom. The van der Waals surface area contributed by atoms with Crippen LogP contribution in [0.2, 0.25) is 0 Å². The van der Waals surface area contributed by atoms with Crippen molar-refractivity contribution in [2.45, 2.75) is 19.8 Å². The van der Waals surface area contributed by atoms with Gasteiger partial charge in [-0.25, -0.2) is 0 Å². The number of para-hydroxylation sites is 1. The van der Waals surface area contributed by atoms with Crippen molar-refractivity contribution in [1.82, 2.24) is 0 Å². The van der Waals surface area contributed by atoms with E-state index in [2.05, 4.69) is 0 Å². The van der Waals surface area contributed by atoms with Crippen molar-refractivity contribution in [3.05, 3.63) is 95.6 Å². The third-order valence-corrected chi connectivity index (χ3v) is 3.74. The SMILES string of the molecule is NCc1cccc(OCc2ccccc2)c1OCc1ccccc1. The predicted molar refractivity (Wildman–Crippen MR) is 95.9 cm³/mol. The summed E-state index contributed by atoms with van der Waals surface area (Å²) in [7, 11) is 0. The third kappa shape index (κ3) is 4.15. The lowest BCUT2D eigenvalue weighted by Gasteiger charge is -2.16. The highest BCUT2D eigenvalue weighted by atomic mass is 16.5. The van der Waals surface area contributed by atoms with Gasteiger partial charge in [-0.15, -0.1) is 0 Å². The minimum atomic E-state index is 0.409. The third-order valence-electron chi connectivity index (χ3n) is 3.74. The largest absolute Gasteiger partial charge is 0.485 e. The predicted octanol–water partition coefficient (Wildman–Crippen LogP) is 4.30. The van der Waals surface area contributed by atoms with Gasteiger partial charge < -0.3 is 15.2 Å². The second kappa shape index (κ2) is 8.18. The molecule has 3 aromatic carbocycles. The van der Waals surface area contributed by atoms with Gasteiger partial charge in [0.2, 0.25) is 0 Å². The van der Waals surface area contributed by atoms with Crippen LogP contribution < -0.4 is 15.2 Å². The van der Waals surface area contributed by atoms with E-state index in [9.17, 15) is 0 Å². The molecule has 2 N–H and O–H groups in total. The van der Waals surface area contributed by atoms with E-state index in [4.69, 9.17) is 15.2 Å². The highest BCUT2D eigenvalue weighted by Crippen LogP contribution is 2.32. The Morgan fingerprint density at radius 3 is 1.79 bits per heavy atom. The summed E-state index contributed by atoms with van der Waals surface area (Å²) in [5, 5.41) is 0. The van der Waals surface area contributed by atoms with Gasteiger partial charge in [-0.3, -0.25) is 0 Å². The van der Waals surface area contributed by atoms with Gasteiger partial charge >= 0.3 is 0 Å². The molecule has 0 heterocycles. The minimum Gasteiger partial charge on any atom is -0.485 e. The Labute approximate surface area is 142 Å². The molecule has 0 fully saturated rings. The zero-order valence-electron chi connectivity index (χ0n) is 13.5. The summed E-state index contributed by atoms with van der Waals surface area (Å²) in [6, 6.07) is 26.0. The number of hydrogen-bond donors (Lipinski definition) is 1. The molecular formula is C21H21NO2. The molecule has 0 aliphatic carbocycles. The van der Waals surface area contributed by atoms with Crippen LogP contribution >= 0.6 is 0 Å². The molecule has 0 unspecified atom stereocenters. The van der Waals surface area contributed by atoms with Gasteiger partial charge in [-0.2, -0.15) is 0 Å². The Balaban J connectivity index is 1.75. The van der Waals surface area contributed by atoms with E-state index < -0.39 is 0 Å². The summed E-state index contributed by atoms with van der Waals surface area (Å²) in [4.78, 5) is 0.